The zero-order valence-electron chi connectivity index (χ0n) is 13.2. The van der Waals surface area contributed by atoms with E-state index in [0.717, 1.165) is 25.9 Å². The third kappa shape index (κ3) is 3.83. The molecule has 1 aliphatic heterocycles. The number of thiophene rings is 1. The second-order valence-corrected chi connectivity index (χ2v) is 8.78. The van der Waals surface area contributed by atoms with Crippen LogP contribution in [0.4, 0.5) is 0 Å². The van der Waals surface area contributed by atoms with Gasteiger partial charge in [-0.2, -0.15) is 0 Å². The molecule has 0 bridgehead atoms. The zero-order valence-corrected chi connectivity index (χ0v) is 14.9. The van der Waals surface area contributed by atoms with Gasteiger partial charge >= 0.3 is 0 Å². The minimum absolute atomic E-state index is 0.220. The highest BCUT2D eigenvalue weighted by Gasteiger charge is 2.24. The van der Waals surface area contributed by atoms with Gasteiger partial charge in [0.1, 0.15) is 4.21 Å². The van der Waals surface area contributed by atoms with Gasteiger partial charge in [0.25, 0.3) is 0 Å². The number of hydrogen-bond donors (Lipinski definition) is 1. The summed E-state index contributed by atoms with van der Waals surface area (Å²) in [5.74, 6) is 0. The molecular formula is C17H22N2O2S2. The predicted octanol–water partition coefficient (Wildman–Crippen LogP) is 2.86. The lowest BCUT2D eigenvalue weighted by molar-refractivity contribution is 0.175. The number of benzene rings is 1. The molecule has 1 aromatic carbocycles. The van der Waals surface area contributed by atoms with Crippen LogP contribution in [0.15, 0.2) is 46.0 Å². The lowest BCUT2D eigenvalue weighted by Crippen LogP contribution is -2.45. The molecule has 1 aromatic heterocycles. The van der Waals surface area contributed by atoms with Crippen LogP contribution < -0.4 is 4.72 Å². The van der Waals surface area contributed by atoms with Crippen LogP contribution in [0.1, 0.15) is 24.5 Å². The Hall–Kier alpha value is -1.21. The minimum Gasteiger partial charge on any atom is -0.295 e. The van der Waals surface area contributed by atoms with Gasteiger partial charge in [-0.15, -0.1) is 11.3 Å². The summed E-state index contributed by atoms with van der Waals surface area (Å²) in [6, 6.07) is 12.1. The molecule has 0 amide bonds. The summed E-state index contributed by atoms with van der Waals surface area (Å²) in [6.45, 7) is 4.45. The molecule has 1 aliphatic rings. The van der Waals surface area contributed by atoms with Gasteiger partial charge in [-0.25, -0.2) is 13.1 Å². The van der Waals surface area contributed by atoms with Crippen LogP contribution in [0.5, 0.6) is 0 Å². The van der Waals surface area contributed by atoms with Crippen molar-refractivity contribution in [1.29, 1.82) is 0 Å². The first-order valence-electron chi connectivity index (χ1n) is 7.94. The lowest BCUT2D eigenvalue weighted by Gasteiger charge is -2.35. The number of sulfonamides is 1. The Balaban J connectivity index is 1.65. The molecule has 0 saturated carbocycles. The summed E-state index contributed by atoms with van der Waals surface area (Å²) in [5.41, 5.74) is 2.77. The zero-order chi connectivity index (χ0) is 16.3. The standard InChI is InChI=1S/C17H22N2O2S2/c1-2-16(12-18-23(20,21)17-8-5-11-22-17)19-10-9-14-6-3-4-7-15(14)13-19/h3-8,11,16,18H,2,9-10,12-13H2,1H3/t16-/m1/s1. The molecule has 2 aromatic rings. The lowest BCUT2D eigenvalue weighted by atomic mass is 9.98. The first-order chi connectivity index (χ1) is 11.1. The molecule has 0 unspecified atom stereocenters. The molecular weight excluding hydrogens is 328 g/mol. The third-order valence-corrected chi connectivity index (χ3v) is 7.24. The molecule has 0 radical (unpaired) electrons. The van der Waals surface area contributed by atoms with Crippen LogP contribution in [0.25, 0.3) is 0 Å². The number of fused-ring (bicyclic) bond motifs is 1. The van der Waals surface area contributed by atoms with Crippen molar-refractivity contribution < 1.29 is 8.42 Å². The Morgan fingerprint density at radius 3 is 2.70 bits per heavy atom. The van der Waals surface area contributed by atoms with Gasteiger partial charge in [0.15, 0.2) is 0 Å². The fraction of sp³-hybridized carbons (Fsp3) is 0.412. The van der Waals surface area contributed by atoms with E-state index in [9.17, 15) is 8.42 Å². The van der Waals surface area contributed by atoms with Crippen LogP contribution in [0, 0.1) is 0 Å². The van der Waals surface area contributed by atoms with Gasteiger partial charge in [0.2, 0.25) is 10.0 Å². The van der Waals surface area contributed by atoms with Crippen molar-refractivity contribution in [2.75, 3.05) is 13.1 Å². The molecule has 0 aliphatic carbocycles. The van der Waals surface area contributed by atoms with Gasteiger partial charge < -0.3 is 0 Å². The van der Waals surface area contributed by atoms with Gasteiger partial charge in [-0.3, -0.25) is 4.90 Å². The Kier molecular flexibility index (Phi) is 5.16. The molecule has 0 fully saturated rings. The summed E-state index contributed by atoms with van der Waals surface area (Å²) in [7, 11) is -3.38. The smallest absolute Gasteiger partial charge is 0.250 e. The van der Waals surface area contributed by atoms with Crippen LogP contribution in [-0.4, -0.2) is 32.4 Å². The van der Waals surface area contributed by atoms with Crippen molar-refractivity contribution in [3.63, 3.8) is 0 Å². The third-order valence-electron chi connectivity index (χ3n) is 4.42. The summed E-state index contributed by atoms with van der Waals surface area (Å²) in [6.07, 6.45) is 1.96. The molecule has 6 heteroatoms. The summed E-state index contributed by atoms with van der Waals surface area (Å²) < 4.78 is 27.7. The number of nitrogens with one attached hydrogen (secondary N) is 1. The van der Waals surface area contributed by atoms with Crippen LogP contribution >= 0.6 is 11.3 Å². The average Bonchev–Trinajstić information content (AvgIpc) is 3.10. The van der Waals surface area contributed by atoms with Crippen LogP contribution in [0.2, 0.25) is 0 Å². The van der Waals surface area contributed by atoms with Crippen molar-refractivity contribution in [2.24, 2.45) is 0 Å². The maximum Gasteiger partial charge on any atom is 0.250 e. The number of hydrogen-bond acceptors (Lipinski definition) is 4. The van der Waals surface area contributed by atoms with Gasteiger partial charge in [0, 0.05) is 25.7 Å². The van der Waals surface area contributed by atoms with Crippen molar-refractivity contribution in [2.45, 2.75) is 36.6 Å². The topological polar surface area (TPSA) is 49.4 Å². The van der Waals surface area contributed by atoms with E-state index >= 15 is 0 Å². The maximum absolute atomic E-state index is 12.3. The van der Waals surface area contributed by atoms with Crippen molar-refractivity contribution in [3.8, 4) is 0 Å². The Morgan fingerprint density at radius 2 is 2.00 bits per heavy atom. The van der Waals surface area contributed by atoms with E-state index in [2.05, 4.69) is 40.8 Å². The fourth-order valence-electron chi connectivity index (χ4n) is 3.05. The molecule has 124 valence electrons. The van der Waals surface area contributed by atoms with Gasteiger partial charge in [-0.1, -0.05) is 37.3 Å². The maximum atomic E-state index is 12.3. The summed E-state index contributed by atoms with van der Waals surface area (Å²) in [5, 5.41) is 1.79. The van der Waals surface area contributed by atoms with E-state index in [1.165, 1.54) is 22.5 Å². The van der Waals surface area contributed by atoms with Crippen LogP contribution in [-0.2, 0) is 23.0 Å². The fourth-order valence-corrected chi connectivity index (χ4v) is 5.16. The highest BCUT2D eigenvalue weighted by Crippen LogP contribution is 2.22. The Bertz CT molecular complexity index is 742. The monoisotopic (exact) mass is 350 g/mol. The average molecular weight is 351 g/mol. The second kappa shape index (κ2) is 7.13. The SMILES string of the molecule is CC[C@H](CNS(=O)(=O)c1cccs1)N1CCc2ccccc2C1. The molecule has 2 heterocycles. The number of nitrogens with zero attached hydrogens (tertiary/aromatic N) is 1. The van der Waals surface area contributed by atoms with Gasteiger partial charge in [-0.05, 0) is 35.4 Å². The highest BCUT2D eigenvalue weighted by atomic mass is 32.2. The van der Waals surface area contributed by atoms with E-state index in [-0.39, 0.29) is 6.04 Å². The predicted molar refractivity (Wildman–Crippen MR) is 94.1 cm³/mol. The quantitative estimate of drug-likeness (QED) is 0.871. The Morgan fingerprint density at radius 1 is 1.22 bits per heavy atom. The van der Waals surface area contributed by atoms with Crippen LogP contribution in [0.3, 0.4) is 0 Å². The van der Waals surface area contributed by atoms with E-state index in [0.29, 0.717) is 10.8 Å². The van der Waals surface area contributed by atoms with Gasteiger partial charge in [0.05, 0.1) is 0 Å². The first-order valence-corrected chi connectivity index (χ1v) is 10.3. The first kappa shape index (κ1) is 16.6. The molecule has 0 saturated heterocycles. The highest BCUT2D eigenvalue weighted by molar-refractivity contribution is 7.91. The summed E-state index contributed by atoms with van der Waals surface area (Å²) in [4.78, 5) is 2.39. The minimum atomic E-state index is -3.38. The number of rotatable bonds is 6. The normalized spacial score (nSPS) is 16.9. The summed E-state index contributed by atoms with van der Waals surface area (Å²) >= 11 is 1.25. The molecule has 1 N–H and O–H groups in total. The largest absolute Gasteiger partial charge is 0.295 e. The molecule has 3 rings (SSSR count). The molecule has 0 spiro atoms. The second-order valence-electron chi connectivity index (χ2n) is 5.84. The molecule has 1 atom stereocenters. The van der Waals surface area contributed by atoms with E-state index in [1.807, 2.05) is 0 Å². The molecule has 23 heavy (non-hydrogen) atoms. The molecule has 4 nitrogen and oxygen atoms in total. The van der Waals surface area contributed by atoms with Crippen molar-refractivity contribution in [3.05, 3.63) is 52.9 Å². The van der Waals surface area contributed by atoms with Crippen molar-refractivity contribution in [1.82, 2.24) is 9.62 Å². The van der Waals surface area contributed by atoms with E-state index in [1.54, 1.807) is 17.5 Å². The van der Waals surface area contributed by atoms with E-state index in [4.69, 9.17) is 0 Å². The van der Waals surface area contributed by atoms with E-state index < -0.39 is 10.0 Å². The van der Waals surface area contributed by atoms with Crippen molar-refractivity contribution >= 4 is 21.4 Å². The Labute approximate surface area is 142 Å².